The summed E-state index contributed by atoms with van der Waals surface area (Å²) in [7, 11) is -6.68. The second-order valence-electron chi connectivity index (χ2n) is 8.12. The average Bonchev–Trinajstić information content (AvgIpc) is 3.28. The molecular formula is C23H25N3O7S2. The summed E-state index contributed by atoms with van der Waals surface area (Å²) in [6, 6.07) is 15.0. The van der Waals surface area contributed by atoms with Crippen molar-refractivity contribution < 1.29 is 31.1 Å². The molecule has 35 heavy (non-hydrogen) atoms. The zero-order valence-corrected chi connectivity index (χ0v) is 21.0. The second kappa shape index (κ2) is 9.27. The summed E-state index contributed by atoms with van der Waals surface area (Å²) in [5, 5.41) is 0. The minimum Gasteiger partial charge on any atom is -0.487 e. The predicted molar refractivity (Wildman–Crippen MR) is 132 cm³/mol. The monoisotopic (exact) mass is 519 g/mol. The maximum atomic E-state index is 12.4. The molecule has 0 unspecified atom stereocenters. The lowest BCUT2D eigenvalue weighted by atomic mass is 10.1. The number of ether oxygens (including phenoxy) is 2. The normalized spacial score (nSPS) is 14.3. The summed E-state index contributed by atoms with van der Waals surface area (Å²) < 4.78 is 61.0. The third kappa shape index (κ3) is 5.13. The van der Waals surface area contributed by atoms with E-state index in [4.69, 9.17) is 9.47 Å². The molecule has 2 heterocycles. The number of carbonyl (C=O) groups is 1. The van der Waals surface area contributed by atoms with Gasteiger partial charge in [-0.3, -0.25) is 0 Å². The number of methoxy groups -OCH3 is 1. The molecule has 0 bridgehead atoms. The van der Waals surface area contributed by atoms with E-state index in [2.05, 4.69) is 4.90 Å². The Kier molecular flexibility index (Phi) is 6.52. The first kappa shape index (κ1) is 24.6. The van der Waals surface area contributed by atoms with E-state index in [1.54, 1.807) is 12.1 Å². The highest BCUT2D eigenvalue weighted by atomic mass is 32.3. The van der Waals surface area contributed by atoms with Gasteiger partial charge in [-0.2, -0.15) is 3.71 Å². The van der Waals surface area contributed by atoms with Crippen LogP contribution in [0.4, 0.5) is 11.4 Å². The van der Waals surface area contributed by atoms with Crippen LogP contribution in [0.1, 0.15) is 10.4 Å². The van der Waals surface area contributed by atoms with Gasteiger partial charge in [0.05, 0.1) is 55.3 Å². The average molecular weight is 520 g/mol. The Morgan fingerprint density at radius 3 is 2.06 bits per heavy atom. The first-order valence-electron chi connectivity index (χ1n) is 10.6. The Labute approximate surface area is 204 Å². The van der Waals surface area contributed by atoms with Gasteiger partial charge in [0.25, 0.3) is 0 Å². The highest BCUT2D eigenvalue weighted by Gasteiger charge is 2.32. The zero-order chi connectivity index (χ0) is 25.4. The molecule has 1 saturated heterocycles. The number of rotatable bonds is 8. The molecule has 3 aromatic rings. The maximum Gasteiger partial charge on any atom is 0.340 e. The van der Waals surface area contributed by atoms with Gasteiger partial charge in [0.2, 0.25) is 20.0 Å². The molecule has 10 nitrogen and oxygen atoms in total. The molecule has 0 radical (unpaired) electrons. The highest BCUT2D eigenvalue weighted by molar-refractivity contribution is 8.09. The molecule has 1 aliphatic rings. The molecule has 0 saturated carbocycles. The molecular weight excluding hydrogens is 494 g/mol. The standard InChI is InChI=1S/C23H25N3O7S2/c1-32-23(27)20-7-6-8-21(22(20)24-13-4-5-14-24)25-15-19(16-25)33-18-11-9-17(10-12-18)26(34(2,28)29)35(3,30)31/h4-14,19H,15-16H2,1-3H3. The predicted octanol–water partition coefficient (Wildman–Crippen LogP) is 2.26. The van der Waals surface area contributed by atoms with E-state index < -0.39 is 26.0 Å². The van der Waals surface area contributed by atoms with Crippen LogP contribution in [0.25, 0.3) is 5.69 Å². The lowest BCUT2D eigenvalue weighted by Crippen LogP contribution is -2.54. The van der Waals surface area contributed by atoms with Crippen LogP contribution < -0.4 is 13.3 Å². The number of para-hydroxylation sites is 1. The van der Waals surface area contributed by atoms with Gasteiger partial charge in [-0.15, -0.1) is 0 Å². The molecule has 1 fully saturated rings. The van der Waals surface area contributed by atoms with Crippen LogP contribution in [0.2, 0.25) is 0 Å². The number of carbonyl (C=O) groups excluding carboxylic acids is 1. The van der Waals surface area contributed by atoms with Crippen LogP contribution in [0, 0.1) is 0 Å². The fraction of sp³-hybridized carbons (Fsp3) is 0.261. The third-order valence-electron chi connectivity index (χ3n) is 5.42. The van der Waals surface area contributed by atoms with Gasteiger partial charge in [0.1, 0.15) is 11.9 Å². The molecule has 0 aliphatic carbocycles. The maximum absolute atomic E-state index is 12.4. The molecule has 12 heteroatoms. The summed E-state index contributed by atoms with van der Waals surface area (Å²) in [6.07, 6.45) is 5.23. The Balaban J connectivity index is 1.50. The Morgan fingerprint density at radius 1 is 0.914 bits per heavy atom. The first-order valence-corrected chi connectivity index (χ1v) is 14.3. The van der Waals surface area contributed by atoms with E-state index in [9.17, 15) is 21.6 Å². The lowest BCUT2D eigenvalue weighted by Gasteiger charge is -2.41. The van der Waals surface area contributed by atoms with Gasteiger partial charge in [-0.1, -0.05) is 6.07 Å². The molecule has 186 valence electrons. The number of anilines is 2. The fourth-order valence-corrected chi connectivity index (χ4v) is 6.97. The Morgan fingerprint density at radius 2 is 1.51 bits per heavy atom. The van der Waals surface area contributed by atoms with Crippen molar-refractivity contribution in [3.8, 4) is 11.4 Å². The molecule has 0 N–H and O–H groups in total. The van der Waals surface area contributed by atoms with Crippen molar-refractivity contribution in [2.75, 3.05) is 41.3 Å². The Hall–Kier alpha value is -3.51. The molecule has 0 atom stereocenters. The largest absolute Gasteiger partial charge is 0.487 e. The van der Waals surface area contributed by atoms with Crippen LogP contribution in [0.3, 0.4) is 0 Å². The number of nitrogens with zero attached hydrogens (tertiary/aromatic N) is 3. The highest BCUT2D eigenvalue weighted by Crippen LogP contribution is 2.33. The minimum atomic E-state index is -4.01. The van der Waals surface area contributed by atoms with E-state index >= 15 is 0 Å². The smallest absolute Gasteiger partial charge is 0.340 e. The fourth-order valence-electron chi connectivity index (χ4n) is 3.99. The van der Waals surface area contributed by atoms with Crippen LogP contribution in [-0.2, 0) is 24.8 Å². The number of sulfonamides is 2. The molecule has 1 aliphatic heterocycles. The van der Waals surface area contributed by atoms with Gasteiger partial charge < -0.3 is 18.9 Å². The summed E-state index contributed by atoms with van der Waals surface area (Å²) in [6.45, 7) is 1.11. The van der Waals surface area contributed by atoms with E-state index in [1.807, 2.05) is 35.2 Å². The SMILES string of the molecule is COC(=O)c1cccc(N2CC(Oc3ccc(N(S(C)(=O)=O)S(C)(=O)=O)cc3)C2)c1-n1cccc1. The number of hydrogen-bond donors (Lipinski definition) is 0. The summed E-state index contributed by atoms with van der Waals surface area (Å²) in [5.74, 6) is 0.0514. The molecule has 0 spiro atoms. The summed E-state index contributed by atoms with van der Waals surface area (Å²) in [5.41, 5.74) is 2.03. The van der Waals surface area contributed by atoms with Crippen molar-refractivity contribution >= 4 is 37.4 Å². The van der Waals surface area contributed by atoms with E-state index in [-0.39, 0.29) is 11.8 Å². The topological polar surface area (TPSA) is 115 Å². The van der Waals surface area contributed by atoms with E-state index in [0.717, 1.165) is 18.2 Å². The second-order valence-corrected chi connectivity index (χ2v) is 12.0. The van der Waals surface area contributed by atoms with E-state index in [0.29, 0.717) is 33.8 Å². The van der Waals surface area contributed by atoms with Crippen molar-refractivity contribution in [3.63, 3.8) is 0 Å². The van der Waals surface area contributed by atoms with Crippen LogP contribution in [-0.4, -0.2) is 66.2 Å². The van der Waals surface area contributed by atoms with Crippen molar-refractivity contribution in [3.05, 3.63) is 72.6 Å². The van der Waals surface area contributed by atoms with Crippen LogP contribution in [0.5, 0.6) is 5.75 Å². The van der Waals surface area contributed by atoms with Crippen LogP contribution >= 0.6 is 0 Å². The quantitative estimate of drug-likeness (QED) is 0.416. The number of hydrogen-bond acceptors (Lipinski definition) is 8. The first-order chi connectivity index (χ1) is 16.5. The summed E-state index contributed by atoms with van der Waals surface area (Å²) in [4.78, 5) is 14.4. The number of benzene rings is 2. The Bertz CT molecular complexity index is 1400. The van der Waals surface area contributed by atoms with Gasteiger partial charge in [0.15, 0.2) is 0 Å². The van der Waals surface area contributed by atoms with Gasteiger partial charge in [-0.25, -0.2) is 21.6 Å². The molecule has 2 aromatic carbocycles. The summed E-state index contributed by atoms with van der Waals surface area (Å²) >= 11 is 0. The zero-order valence-electron chi connectivity index (χ0n) is 19.4. The van der Waals surface area contributed by atoms with Crippen molar-refractivity contribution in [1.29, 1.82) is 0 Å². The van der Waals surface area contributed by atoms with Gasteiger partial charge in [0, 0.05) is 12.4 Å². The molecule has 1 aromatic heterocycles. The number of esters is 1. The lowest BCUT2D eigenvalue weighted by molar-refractivity contribution is 0.0600. The van der Waals surface area contributed by atoms with E-state index in [1.165, 1.54) is 31.4 Å². The third-order valence-corrected chi connectivity index (χ3v) is 8.68. The van der Waals surface area contributed by atoms with Crippen molar-refractivity contribution in [2.24, 2.45) is 0 Å². The van der Waals surface area contributed by atoms with Gasteiger partial charge >= 0.3 is 5.97 Å². The van der Waals surface area contributed by atoms with Crippen LogP contribution in [0.15, 0.2) is 67.0 Å². The van der Waals surface area contributed by atoms with Crippen molar-refractivity contribution in [2.45, 2.75) is 6.10 Å². The van der Waals surface area contributed by atoms with Crippen molar-refractivity contribution in [1.82, 2.24) is 4.57 Å². The minimum absolute atomic E-state index is 0.00794. The molecule has 0 amide bonds. The van der Waals surface area contributed by atoms with Gasteiger partial charge in [-0.05, 0) is 48.5 Å². The molecule has 4 rings (SSSR count). The number of aromatic nitrogens is 1.